The van der Waals surface area contributed by atoms with E-state index in [4.69, 9.17) is 48.5 Å². The smallest absolute Gasteiger partial charge is 1.00 e. The third-order valence-corrected chi connectivity index (χ3v) is 17.5. The average molecular weight is 1440 g/mol. The Hall–Kier alpha value is -7.66. The topological polar surface area (TPSA) is 490 Å². The van der Waals surface area contributed by atoms with Gasteiger partial charge in [0.05, 0.1) is 53.3 Å². The third kappa shape index (κ3) is 21.0. The average Bonchev–Trinajstić information content (AvgIpc) is 1.59. The van der Waals surface area contributed by atoms with Gasteiger partial charge in [0, 0.05) is 12.1 Å². The number of aliphatic hydroxyl groups excluding tert-OH is 5. The van der Waals surface area contributed by atoms with Crippen molar-refractivity contribution in [2.45, 2.75) is 149 Å². The second kappa shape index (κ2) is 36.4. The molecule has 0 amide bonds. The number of nitriles is 2. The van der Waals surface area contributed by atoms with E-state index in [0.717, 1.165) is 0 Å². The molecule has 36 heteroatoms. The van der Waals surface area contributed by atoms with Crippen LogP contribution in [-0.4, -0.2) is 174 Å². The zero-order valence-corrected chi connectivity index (χ0v) is 58.9. The number of nitrogens with one attached hydrogen (secondary N) is 1. The summed E-state index contributed by atoms with van der Waals surface area (Å²) in [6, 6.07) is 31.6. The number of carbonyl (C=O) groups excluding carboxylic acids is 2. The Labute approximate surface area is 588 Å². The molecular weight excluding hydrogens is 1350 g/mol. The number of nitro groups is 1. The fourth-order valence-electron chi connectivity index (χ4n) is 9.17. The van der Waals surface area contributed by atoms with Crippen LogP contribution in [0.1, 0.15) is 95.0 Å². The van der Waals surface area contributed by atoms with Gasteiger partial charge < -0.3 is 93.3 Å². The van der Waals surface area contributed by atoms with Gasteiger partial charge >= 0.3 is 50.3 Å². The number of nitro benzene ring substituents is 1. The van der Waals surface area contributed by atoms with Gasteiger partial charge in [-0.25, -0.2) is 28.1 Å². The quantitative estimate of drug-likeness (QED) is 0.0128. The van der Waals surface area contributed by atoms with Gasteiger partial charge in [0.25, 0.3) is 5.69 Å². The van der Waals surface area contributed by atoms with Crippen LogP contribution < -0.4 is 42.5 Å². The van der Waals surface area contributed by atoms with Crippen LogP contribution in [0.25, 0.3) is 11.0 Å². The van der Waals surface area contributed by atoms with E-state index in [2.05, 4.69) is 46.0 Å². The summed E-state index contributed by atoms with van der Waals surface area (Å²) in [5.41, 5.74) is 5.97. The number of aliphatic hydroxyl groups is 5. The number of carbonyl (C=O) groups is 2. The van der Waals surface area contributed by atoms with Crippen molar-refractivity contribution in [2.75, 3.05) is 30.8 Å². The van der Waals surface area contributed by atoms with Crippen LogP contribution in [0.3, 0.4) is 0 Å². The number of benzene rings is 3. The van der Waals surface area contributed by atoms with Crippen molar-refractivity contribution in [1.29, 1.82) is 10.5 Å². The molecule has 530 valence electrons. The number of ether oxygens (including phenoxy) is 4. The number of non-ortho nitro benzene ring substituents is 1. The van der Waals surface area contributed by atoms with E-state index in [9.17, 15) is 64.9 Å². The second-order valence-corrected chi connectivity index (χ2v) is 27.2. The summed E-state index contributed by atoms with van der Waals surface area (Å²) in [4.78, 5) is 43.1. The minimum atomic E-state index is -4.36. The van der Waals surface area contributed by atoms with Crippen molar-refractivity contribution in [3.63, 3.8) is 0 Å². The molecule has 9 rings (SSSR count). The molecule has 0 saturated carbocycles. The molecule has 0 aliphatic carbocycles. The molecule has 2 fully saturated rings. The monoisotopic (exact) mass is 1440 g/mol. The van der Waals surface area contributed by atoms with Gasteiger partial charge in [-0.1, -0.05) is 43.8 Å². The van der Waals surface area contributed by atoms with E-state index >= 15 is 0 Å². The summed E-state index contributed by atoms with van der Waals surface area (Å²) in [7, 11) is -8.26. The number of para-hydroxylation sites is 2. The molecule has 0 radical (unpaired) electrons. The zero-order chi connectivity index (χ0) is 69.7. The summed E-state index contributed by atoms with van der Waals surface area (Å²) < 4.78 is 74.6. The number of aromatic nitrogens is 6. The fourth-order valence-corrected chi connectivity index (χ4v) is 13.0. The first-order valence-corrected chi connectivity index (χ1v) is 32.3. The number of rotatable bonds is 21. The molecule has 2 aliphatic rings. The van der Waals surface area contributed by atoms with Crippen molar-refractivity contribution < 1.29 is 104 Å². The van der Waals surface area contributed by atoms with Crippen molar-refractivity contribution in [1.82, 2.24) is 34.3 Å². The normalized spacial score (nSPS) is 21.3. The third-order valence-electron chi connectivity index (χ3n) is 13.6. The van der Waals surface area contributed by atoms with Crippen LogP contribution >= 0.6 is 15.3 Å². The maximum absolute atomic E-state index is 13.9. The maximum atomic E-state index is 13.9. The molecule has 10 atom stereocenters. The molecule has 32 nitrogen and oxygen atoms in total. The molecule has 98 heavy (non-hydrogen) atoms. The molecular formula is C62H83ClMgN12O20P2. The van der Waals surface area contributed by atoms with Crippen LogP contribution in [0.5, 0.6) is 17.2 Å². The van der Waals surface area contributed by atoms with Crippen LogP contribution in [0.15, 0.2) is 122 Å². The molecule has 6 heterocycles. The van der Waals surface area contributed by atoms with Gasteiger partial charge in [0.1, 0.15) is 95.2 Å². The number of hydrogen-bond donors (Lipinski definition) is 8. The first-order valence-electron chi connectivity index (χ1n) is 29.0. The van der Waals surface area contributed by atoms with E-state index in [0.29, 0.717) is 16.8 Å². The van der Waals surface area contributed by atoms with Gasteiger partial charge in [-0.2, -0.15) is 46.6 Å². The van der Waals surface area contributed by atoms with Crippen LogP contribution in [0.4, 0.5) is 17.3 Å². The first-order chi connectivity index (χ1) is 44.1. The number of hydrogen-bond acceptors (Lipinski definition) is 27. The number of fused-ring (bicyclic) bond motifs is 2. The first kappa shape index (κ1) is 86.4. The van der Waals surface area contributed by atoms with Crippen molar-refractivity contribution in [2.24, 2.45) is 5.41 Å². The summed E-state index contributed by atoms with van der Waals surface area (Å²) in [6.45, 7) is 18.0. The van der Waals surface area contributed by atoms with E-state index in [1.807, 2.05) is 12.1 Å². The molecule has 3 aromatic carbocycles. The number of nitrogen functional groups attached to an aromatic ring is 2. The Morgan fingerprint density at radius 1 is 0.714 bits per heavy atom. The van der Waals surface area contributed by atoms with Crippen LogP contribution in [0.2, 0.25) is 0 Å². The Bertz CT molecular complexity index is 3920. The summed E-state index contributed by atoms with van der Waals surface area (Å²) in [6.07, 6.45) is -7.37. The summed E-state index contributed by atoms with van der Waals surface area (Å²) in [5.74, 6) is 1.12. The standard InChI is InChI=1S/C25H31N6O8P.C20H24NO7P.C12H13N5O4.C4H9.CH4.ClH.Mg.H2O/c1-15(2)37-23(34)24(3,4)30-40(35,39-16-8-6-5-7-9-16)36-12-18-20(32)21(33)25(13-26,38-18)19-11-10-17-22(27)28-14-29-31(17)19;1-15(2)26-19(22)20(3,4)14-29(25,27-17-8-6-5-7-9-17)28-18-12-10-16(11-13-18)21(23)24;13-4-12(10(20)9(19)7(3-18)21-12)8-2-1-6-11(14)15-5-16-17(6)8;1-4(2)3;;;;/h5-11,14-15,18,20-21,32-33H,12H2,1-4H3,(H,30,35)(H2,27,28,29);5-13,15H,14H2,1-4H3;1-2,5,7,9-10,18-20H,3H2,(H2,14,15,16);1-3H3;1H4;1H;;1H2/q;;;-1;;;+2;/p-1/t18-,20-,21-,25+,40?;;7-,9-,10-,12+;;;;;/m1.1...../s1. The maximum Gasteiger partial charge on any atom is 2.00 e. The Kier molecular flexibility index (Phi) is 32.1. The molecule has 2 unspecified atom stereocenters. The van der Waals surface area contributed by atoms with Gasteiger partial charge in [-0.15, -0.1) is 0 Å². The number of anilines is 2. The van der Waals surface area contributed by atoms with Gasteiger partial charge in [-0.05, 0) is 116 Å². The van der Waals surface area contributed by atoms with Crippen molar-refractivity contribution >= 4 is 78.7 Å². The van der Waals surface area contributed by atoms with E-state index in [1.165, 1.54) is 90.0 Å². The van der Waals surface area contributed by atoms with Crippen LogP contribution in [0, 0.1) is 44.1 Å². The summed E-state index contributed by atoms with van der Waals surface area (Å²) in [5, 5.41) is 92.2. The Morgan fingerprint density at radius 2 is 1.11 bits per heavy atom. The predicted octanol–water partition coefficient (Wildman–Crippen LogP) is 3.10. The van der Waals surface area contributed by atoms with Crippen molar-refractivity contribution in [3.05, 3.63) is 149 Å². The summed E-state index contributed by atoms with van der Waals surface area (Å²) >= 11 is 0. The number of nitrogens with zero attached hydrogens (tertiary/aromatic N) is 9. The molecule has 7 aromatic rings. The fraction of sp³-hybridized carbons (Fsp3) is 0.435. The van der Waals surface area contributed by atoms with E-state index in [-0.39, 0.29) is 101 Å². The zero-order valence-electron chi connectivity index (χ0n) is 54.9. The molecule has 12 N–H and O–H groups in total. The van der Waals surface area contributed by atoms with Crippen LogP contribution in [-0.2, 0) is 53.4 Å². The minimum Gasteiger partial charge on any atom is -1.00 e. The molecule has 2 saturated heterocycles. The molecule has 4 aromatic heterocycles. The largest absolute Gasteiger partial charge is 2.00 e. The van der Waals surface area contributed by atoms with Crippen molar-refractivity contribution in [3.8, 4) is 29.4 Å². The van der Waals surface area contributed by atoms with E-state index < -0.39 is 110 Å². The SMILES string of the molecule is C.CC(C)OC(=O)C(C)(C)CP(=O)(Oc1ccccc1)Oc1ccc([N+](=O)[O-])cc1.CC(C)OC(=O)C(C)(C)NP(=O)(OC[C@H]1O[C@@](C#N)(c2ccc3c(N)ncnn23)[C@H](O)[C@@H]1O)Oc1ccccc1.C[C-](C)C.N#C[C@@]1(c2ccc3c(N)ncnn23)O[C@H](CO)[C@@H](O)[C@H]1O.O.[Cl-].[Mg+2]. The Morgan fingerprint density at radius 3 is 1.51 bits per heavy atom. The molecule has 0 spiro atoms. The number of halogens is 1. The number of nitrogens with two attached hydrogens (primary N) is 2. The molecule has 0 bridgehead atoms. The Balaban J connectivity index is 0.000000497. The predicted molar refractivity (Wildman–Crippen MR) is 354 cm³/mol. The van der Waals surface area contributed by atoms with Gasteiger partial charge in [0.2, 0.25) is 11.2 Å². The molecule has 2 aliphatic heterocycles. The second-order valence-electron chi connectivity index (χ2n) is 23.6. The number of esters is 2. The minimum absolute atomic E-state index is 0. The van der Waals surface area contributed by atoms with Gasteiger partial charge in [0.15, 0.2) is 11.6 Å². The van der Waals surface area contributed by atoms with Gasteiger partial charge in [-0.3, -0.25) is 24.2 Å². The van der Waals surface area contributed by atoms with E-state index in [1.54, 1.807) is 102 Å².